The number of hydrogen-bond donors (Lipinski definition) is 2. The molecule has 2 N–H and O–H groups in total. The van der Waals surface area contributed by atoms with Crippen molar-refractivity contribution in [2.24, 2.45) is 0 Å². The average molecular weight is 369 g/mol. The molecule has 0 bridgehead atoms. The second-order valence-electron chi connectivity index (χ2n) is 4.16. The highest BCUT2D eigenvalue weighted by Crippen LogP contribution is 2.34. The fourth-order valence-corrected chi connectivity index (χ4v) is 2.19. The van der Waals surface area contributed by atoms with E-state index in [4.69, 9.17) is 23.2 Å². The van der Waals surface area contributed by atoms with Crippen LogP contribution < -0.4 is 5.56 Å². The zero-order chi connectivity index (χ0) is 13.4. The molecule has 1 aromatic heterocycles. The zero-order valence-electron chi connectivity index (χ0n) is 10.2. The standard InChI is InChI=1S/C11H11Cl2N3O2.BrH/c1-16(2)4-7-14-9-8(11(18)15-7)5(12)3-6(13)10(9)17;/h3,17H,4H2,1-2H3,(H,14,15,18);1H. The molecule has 0 fully saturated rings. The first-order valence-electron chi connectivity index (χ1n) is 5.14. The lowest BCUT2D eigenvalue weighted by atomic mass is 10.2. The SMILES string of the molecule is Br.CN(C)Cc1nc2c(O)c(Cl)cc(Cl)c2c(=O)[nH]1. The number of aromatic amines is 1. The molecule has 0 saturated carbocycles. The Labute approximate surface area is 129 Å². The van der Waals surface area contributed by atoms with Crippen LogP contribution in [0.4, 0.5) is 0 Å². The van der Waals surface area contributed by atoms with Crippen molar-refractivity contribution in [1.82, 2.24) is 14.9 Å². The van der Waals surface area contributed by atoms with Gasteiger partial charge in [0.2, 0.25) is 0 Å². The summed E-state index contributed by atoms with van der Waals surface area (Å²) in [4.78, 5) is 20.6. The molecule has 0 unspecified atom stereocenters. The zero-order valence-corrected chi connectivity index (χ0v) is 13.4. The van der Waals surface area contributed by atoms with E-state index in [9.17, 15) is 9.90 Å². The molecule has 0 amide bonds. The summed E-state index contributed by atoms with van der Waals surface area (Å²) >= 11 is 11.7. The minimum absolute atomic E-state index is 0. The number of hydrogen-bond acceptors (Lipinski definition) is 4. The molecule has 1 heterocycles. The van der Waals surface area contributed by atoms with E-state index in [2.05, 4.69) is 9.97 Å². The van der Waals surface area contributed by atoms with E-state index in [1.54, 1.807) is 0 Å². The average Bonchev–Trinajstić information content (AvgIpc) is 2.24. The van der Waals surface area contributed by atoms with Gasteiger partial charge in [-0.15, -0.1) is 17.0 Å². The van der Waals surface area contributed by atoms with E-state index in [1.807, 2.05) is 19.0 Å². The molecule has 19 heavy (non-hydrogen) atoms. The van der Waals surface area contributed by atoms with Crippen molar-refractivity contribution >= 4 is 51.1 Å². The molecule has 0 aliphatic heterocycles. The largest absolute Gasteiger partial charge is 0.504 e. The Morgan fingerprint density at radius 1 is 1.37 bits per heavy atom. The maximum absolute atomic E-state index is 11.9. The normalized spacial score (nSPS) is 10.8. The maximum Gasteiger partial charge on any atom is 0.260 e. The predicted octanol–water partition coefficient (Wildman–Crippen LogP) is 2.58. The first-order chi connectivity index (χ1) is 8.40. The summed E-state index contributed by atoms with van der Waals surface area (Å²) in [7, 11) is 3.68. The van der Waals surface area contributed by atoms with Crippen LogP contribution in [0.15, 0.2) is 10.9 Å². The lowest BCUT2D eigenvalue weighted by molar-refractivity contribution is 0.390. The third kappa shape index (κ3) is 3.20. The number of aromatic nitrogens is 2. The summed E-state index contributed by atoms with van der Waals surface area (Å²) in [5.74, 6) is 0.202. The summed E-state index contributed by atoms with van der Waals surface area (Å²) in [5.41, 5.74) is -0.276. The van der Waals surface area contributed by atoms with E-state index >= 15 is 0 Å². The number of phenols is 1. The molecule has 0 aliphatic rings. The molecular formula is C11H12BrCl2N3O2. The Kier molecular flexibility index (Phi) is 5.20. The van der Waals surface area contributed by atoms with Crippen LogP contribution in [-0.2, 0) is 6.54 Å². The van der Waals surface area contributed by atoms with Gasteiger partial charge in [0.15, 0.2) is 5.75 Å². The Hall–Kier alpha value is -0.820. The summed E-state index contributed by atoms with van der Waals surface area (Å²) in [6, 6.07) is 1.32. The van der Waals surface area contributed by atoms with Crippen molar-refractivity contribution in [3.8, 4) is 5.75 Å². The molecule has 104 valence electrons. The highest BCUT2D eigenvalue weighted by Gasteiger charge is 2.15. The van der Waals surface area contributed by atoms with Gasteiger partial charge in [-0.3, -0.25) is 4.79 Å². The number of nitrogens with zero attached hydrogens (tertiary/aromatic N) is 2. The number of aromatic hydroxyl groups is 1. The molecule has 0 radical (unpaired) electrons. The van der Waals surface area contributed by atoms with Crippen LogP contribution in [0.2, 0.25) is 10.0 Å². The third-order valence-corrected chi connectivity index (χ3v) is 2.96. The first-order valence-corrected chi connectivity index (χ1v) is 5.90. The highest BCUT2D eigenvalue weighted by atomic mass is 79.9. The lowest BCUT2D eigenvalue weighted by Crippen LogP contribution is -2.18. The van der Waals surface area contributed by atoms with E-state index in [-0.39, 0.29) is 43.7 Å². The van der Waals surface area contributed by atoms with Crippen molar-refractivity contribution in [1.29, 1.82) is 0 Å². The molecule has 5 nitrogen and oxygen atoms in total. The van der Waals surface area contributed by atoms with Gasteiger partial charge in [0.05, 0.1) is 22.0 Å². The second-order valence-corrected chi connectivity index (χ2v) is 4.98. The highest BCUT2D eigenvalue weighted by molar-refractivity contribution is 8.93. The van der Waals surface area contributed by atoms with Crippen LogP contribution in [0.1, 0.15) is 5.82 Å². The fourth-order valence-electron chi connectivity index (χ4n) is 1.65. The van der Waals surface area contributed by atoms with Gasteiger partial charge in [0, 0.05) is 0 Å². The van der Waals surface area contributed by atoms with Crippen LogP contribution in [0.5, 0.6) is 5.75 Å². The number of rotatable bonds is 2. The van der Waals surface area contributed by atoms with Crippen molar-refractivity contribution in [2.45, 2.75) is 6.54 Å². The minimum Gasteiger partial charge on any atom is -0.504 e. The molecule has 2 aromatic rings. The molecule has 0 spiro atoms. The molecule has 1 aromatic carbocycles. The summed E-state index contributed by atoms with van der Waals surface area (Å²) in [6.07, 6.45) is 0. The summed E-state index contributed by atoms with van der Waals surface area (Å²) in [6.45, 7) is 0.439. The van der Waals surface area contributed by atoms with E-state index in [0.29, 0.717) is 12.4 Å². The van der Waals surface area contributed by atoms with Crippen LogP contribution in [0, 0.1) is 0 Å². The van der Waals surface area contributed by atoms with Gasteiger partial charge in [-0.05, 0) is 20.2 Å². The van der Waals surface area contributed by atoms with Gasteiger partial charge in [-0.25, -0.2) is 4.98 Å². The summed E-state index contributed by atoms with van der Waals surface area (Å²) in [5, 5.41) is 10.2. The Balaban J connectivity index is 0.00000180. The first kappa shape index (κ1) is 16.2. The van der Waals surface area contributed by atoms with Gasteiger partial charge in [-0.2, -0.15) is 0 Å². The van der Waals surface area contributed by atoms with E-state index in [1.165, 1.54) is 6.07 Å². The molecule has 0 aliphatic carbocycles. The molecular weight excluding hydrogens is 357 g/mol. The number of benzene rings is 1. The van der Waals surface area contributed by atoms with Crippen LogP contribution in [0.3, 0.4) is 0 Å². The second kappa shape index (κ2) is 6.09. The number of H-pyrrole nitrogens is 1. The van der Waals surface area contributed by atoms with E-state index in [0.717, 1.165) is 0 Å². The Morgan fingerprint density at radius 2 is 2.00 bits per heavy atom. The van der Waals surface area contributed by atoms with Gasteiger partial charge >= 0.3 is 0 Å². The fraction of sp³-hybridized carbons (Fsp3) is 0.273. The molecule has 8 heteroatoms. The predicted molar refractivity (Wildman–Crippen MR) is 81.8 cm³/mol. The maximum atomic E-state index is 11.9. The van der Waals surface area contributed by atoms with Crippen molar-refractivity contribution in [3.63, 3.8) is 0 Å². The van der Waals surface area contributed by atoms with Crippen LogP contribution in [0.25, 0.3) is 10.9 Å². The number of fused-ring (bicyclic) bond motifs is 1. The van der Waals surface area contributed by atoms with Crippen LogP contribution >= 0.6 is 40.2 Å². The van der Waals surface area contributed by atoms with Gasteiger partial charge < -0.3 is 15.0 Å². The number of nitrogens with one attached hydrogen (secondary N) is 1. The topological polar surface area (TPSA) is 69.2 Å². The van der Waals surface area contributed by atoms with Crippen molar-refractivity contribution < 1.29 is 5.11 Å². The minimum atomic E-state index is -0.395. The van der Waals surface area contributed by atoms with E-state index < -0.39 is 5.56 Å². The van der Waals surface area contributed by atoms with Crippen LogP contribution in [-0.4, -0.2) is 34.1 Å². The Bertz CT molecular complexity index is 673. The third-order valence-electron chi connectivity index (χ3n) is 2.38. The van der Waals surface area contributed by atoms with Crippen molar-refractivity contribution in [2.75, 3.05) is 14.1 Å². The molecule has 0 saturated heterocycles. The smallest absolute Gasteiger partial charge is 0.260 e. The summed E-state index contributed by atoms with van der Waals surface area (Å²) < 4.78 is 0. The van der Waals surface area contributed by atoms with Gasteiger partial charge in [-0.1, -0.05) is 23.2 Å². The van der Waals surface area contributed by atoms with Gasteiger partial charge in [0.1, 0.15) is 11.3 Å². The molecule has 0 atom stereocenters. The molecule has 2 rings (SSSR count). The Morgan fingerprint density at radius 3 is 2.58 bits per heavy atom. The quantitative estimate of drug-likeness (QED) is 0.854. The lowest BCUT2D eigenvalue weighted by Gasteiger charge is -2.10. The van der Waals surface area contributed by atoms with Gasteiger partial charge in [0.25, 0.3) is 5.56 Å². The number of halogens is 3. The monoisotopic (exact) mass is 367 g/mol. The number of phenolic OH excluding ortho intramolecular Hbond substituents is 1. The van der Waals surface area contributed by atoms with Crippen molar-refractivity contribution in [3.05, 3.63) is 32.3 Å².